The maximum Gasteiger partial charge on any atom is 0.255 e. The fourth-order valence-corrected chi connectivity index (χ4v) is 5.61. The van der Waals surface area contributed by atoms with Crippen LogP contribution in [0.2, 0.25) is 0 Å². The van der Waals surface area contributed by atoms with Crippen molar-refractivity contribution >= 4 is 29.1 Å². The Hall–Kier alpha value is -2.35. The molecule has 2 aromatic carbocycles. The highest BCUT2D eigenvalue weighted by molar-refractivity contribution is 8.00. The van der Waals surface area contributed by atoms with Gasteiger partial charge in [-0.3, -0.25) is 9.59 Å². The van der Waals surface area contributed by atoms with Crippen LogP contribution < -0.4 is 5.32 Å². The summed E-state index contributed by atoms with van der Waals surface area (Å²) in [5.74, 6) is -4.50. The van der Waals surface area contributed by atoms with Gasteiger partial charge in [0, 0.05) is 39.4 Å². The molecule has 0 heterocycles. The number of hydrogen-bond acceptors (Lipinski definition) is 3. The summed E-state index contributed by atoms with van der Waals surface area (Å²) in [6.07, 6.45) is 1.67. The van der Waals surface area contributed by atoms with Gasteiger partial charge in [-0.25, -0.2) is 17.6 Å². The van der Waals surface area contributed by atoms with Crippen LogP contribution in [0.5, 0.6) is 0 Å². The van der Waals surface area contributed by atoms with Crippen molar-refractivity contribution in [3.05, 3.63) is 59.2 Å². The Morgan fingerprint density at radius 1 is 0.966 bits per heavy atom. The first-order chi connectivity index (χ1) is 13.7. The predicted molar refractivity (Wildman–Crippen MR) is 101 cm³/mol. The van der Waals surface area contributed by atoms with Crippen molar-refractivity contribution in [1.82, 2.24) is 0 Å². The normalized spacial score (nSPS) is 24.9. The summed E-state index contributed by atoms with van der Waals surface area (Å²) < 4.78 is 53.9. The third-order valence-corrected chi connectivity index (χ3v) is 6.88. The lowest BCUT2D eigenvalue weighted by atomic mass is 10.1. The van der Waals surface area contributed by atoms with Crippen LogP contribution >= 0.6 is 11.8 Å². The lowest BCUT2D eigenvalue weighted by Crippen LogP contribution is -2.13. The van der Waals surface area contributed by atoms with Crippen molar-refractivity contribution < 1.29 is 27.2 Å². The van der Waals surface area contributed by atoms with Crippen LogP contribution in [0.15, 0.2) is 35.2 Å². The van der Waals surface area contributed by atoms with E-state index in [0.717, 1.165) is 18.9 Å². The molecule has 2 unspecified atom stereocenters. The average Bonchev–Trinajstić information content (AvgIpc) is 3.18. The summed E-state index contributed by atoms with van der Waals surface area (Å²) in [5.41, 5.74) is -0.125. The highest BCUT2D eigenvalue weighted by Crippen LogP contribution is 2.60. The number of hydrogen-bond donors (Lipinski definition) is 1. The third-order valence-electron chi connectivity index (χ3n) is 5.60. The Kier molecular flexibility index (Phi) is 5.14. The molecule has 0 aliphatic heterocycles. The summed E-state index contributed by atoms with van der Waals surface area (Å²) in [7, 11) is 0. The molecule has 0 saturated heterocycles. The number of halogens is 4. The van der Waals surface area contributed by atoms with Gasteiger partial charge in [0.1, 0.15) is 11.6 Å². The van der Waals surface area contributed by atoms with Crippen molar-refractivity contribution in [2.75, 3.05) is 5.32 Å². The molecule has 2 saturated carbocycles. The van der Waals surface area contributed by atoms with Gasteiger partial charge >= 0.3 is 0 Å². The number of thioether (sulfide) groups is 1. The highest BCUT2D eigenvalue weighted by Gasteiger charge is 2.58. The molecule has 3 nitrogen and oxygen atoms in total. The Balaban J connectivity index is 1.44. The number of ketones is 1. The first kappa shape index (κ1) is 19.9. The number of fused-ring (bicyclic) bond motifs is 1. The van der Waals surface area contributed by atoms with Gasteiger partial charge in [0.05, 0.1) is 0 Å². The molecule has 29 heavy (non-hydrogen) atoms. The van der Waals surface area contributed by atoms with Crippen LogP contribution in [0.4, 0.5) is 23.2 Å². The second-order valence-electron chi connectivity index (χ2n) is 7.53. The number of carbonyl (C=O) groups excluding carboxylic acids is 2. The maximum atomic E-state index is 14.2. The van der Waals surface area contributed by atoms with E-state index in [9.17, 15) is 27.2 Å². The molecule has 2 fully saturated rings. The average molecular weight is 423 g/mol. The van der Waals surface area contributed by atoms with Gasteiger partial charge < -0.3 is 5.32 Å². The summed E-state index contributed by atoms with van der Waals surface area (Å²) in [6, 6.07) is 5.16. The quantitative estimate of drug-likeness (QED) is 0.531. The van der Waals surface area contributed by atoms with Gasteiger partial charge in [0.15, 0.2) is 17.5 Å². The molecule has 0 spiro atoms. The molecule has 0 aromatic heterocycles. The van der Waals surface area contributed by atoms with E-state index in [1.54, 1.807) is 6.92 Å². The fourth-order valence-electron chi connectivity index (χ4n) is 4.24. The summed E-state index contributed by atoms with van der Waals surface area (Å²) in [5, 5.41) is 2.46. The van der Waals surface area contributed by atoms with Crippen molar-refractivity contribution in [1.29, 1.82) is 0 Å². The SMILES string of the molecule is CC(=O)C1C2CC(Sc3cc(C(=O)Nc4cc(F)c(F)c(F)c4)ccc3F)CC21. The first-order valence-electron chi connectivity index (χ1n) is 9.17. The minimum absolute atomic E-state index is 0.115. The molecule has 2 aliphatic rings. The van der Waals surface area contributed by atoms with E-state index in [0.29, 0.717) is 28.9 Å². The van der Waals surface area contributed by atoms with Gasteiger partial charge in [-0.05, 0) is 49.8 Å². The maximum absolute atomic E-state index is 14.2. The van der Waals surface area contributed by atoms with E-state index >= 15 is 0 Å². The predicted octanol–water partition coefficient (Wildman–Crippen LogP) is 5.20. The molecule has 8 heteroatoms. The number of amides is 1. The molecule has 2 aromatic rings. The van der Waals surface area contributed by atoms with Crippen LogP contribution in [0, 0.1) is 41.0 Å². The van der Waals surface area contributed by atoms with Crippen LogP contribution in [-0.4, -0.2) is 16.9 Å². The fraction of sp³-hybridized carbons (Fsp3) is 0.333. The third kappa shape index (κ3) is 3.90. The topological polar surface area (TPSA) is 46.2 Å². The van der Waals surface area contributed by atoms with E-state index in [1.807, 2.05) is 0 Å². The summed E-state index contributed by atoms with van der Waals surface area (Å²) >= 11 is 1.33. The molecule has 4 rings (SSSR count). The van der Waals surface area contributed by atoms with Crippen molar-refractivity contribution in [3.8, 4) is 0 Å². The molecular weight excluding hydrogens is 406 g/mol. The van der Waals surface area contributed by atoms with Crippen molar-refractivity contribution in [2.24, 2.45) is 17.8 Å². The monoisotopic (exact) mass is 423 g/mol. The molecule has 1 amide bonds. The molecule has 0 radical (unpaired) electrons. The lowest BCUT2D eigenvalue weighted by molar-refractivity contribution is -0.118. The lowest BCUT2D eigenvalue weighted by Gasteiger charge is -2.14. The number of carbonyl (C=O) groups is 2. The minimum atomic E-state index is -1.62. The Bertz CT molecular complexity index is 977. The molecule has 152 valence electrons. The zero-order valence-electron chi connectivity index (χ0n) is 15.3. The van der Waals surface area contributed by atoms with E-state index in [2.05, 4.69) is 5.32 Å². The van der Waals surface area contributed by atoms with Gasteiger partial charge in [-0.1, -0.05) is 0 Å². The second kappa shape index (κ2) is 7.48. The van der Waals surface area contributed by atoms with Gasteiger partial charge in [0.2, 0.25) is 0 Å². The van der Waals surface area contributed by atoms with Crippen molar-refractivity contribution in [2.45, 2.75) is 29.9 Å². The zero-order valence-corrected chi connectivity index (χ0v) is 16.2. The Morgan fingerprint density at radius 3 is 2.17 bits per heavy atom. The standard InChI is InChI=1S/C21H17F4NO2S/c1-9(27)19-13-7-12(8-14(13)19)29-18-4-10(2-3-15(18)22)21(28)26-11-5-16(23)20(25)17(24)6-11/h2-6,12-14,19H,7-8H2,1H3,(H,26,28). The number of Topliss-reactive ketones (excluding diaryl/α,β-unsaturated/α-hetero) is 1. The number of benzene rings is 2. The summed E-state index contributed by atoms with van der Waals surface area (Å²) in [4.78, 5) is 24.2. The number of nitrogens with one attached hydrogen (secondary N) is 1. The van der Waals surface area contributed by atoms with Crippen LogP contribution in [-0.2, 0) is 4.79 Å². The zero-order chi connectivity index (χ0) is 20.9. The Morgan fingerprint density at radius 2 is 1.59 bits per heavy atom. The largest absolute Gasteiger partial charge is 0.322 e. The molecule has 0 bridgehead atoms. The number of rotatable bonds is 5. The highest BCUT2D eigenvalue weighted by atomic mass is 32.2. The summed E-state index contributed by atoms with van der Waals surface area (Å²) in [6.45, 7) is 1.60. The molecule has 2 aliphatic carbocycles. The smallest absolute Gasteiger partial charge is 0.255 e. The molecular formula is C21H17F4NO2S. The van der Waals surface area contributed by atoms with E-state index in [4.69, 9.17) is 0 Å². The number of anilines is 1. The van der Waals surface area contributed by atoms with Crippen molar-refractivity contribution in [3.63, 3.8) is 0 Å². The van der Waals surface area contributed by atoms with E-state index < -0.39 is 29.2 Å². The van der Waals surface area contributed by atoms with E-state index in [-0.39, 0.29) is 28.2 Å². The molecule has 2 atom stereocenters. The van der Waals surface area contributed by atoms with Gasteiger partial charge in [-0.2, -0.15) is 0 Å². The van der Waals surface area contributed by atoms with E-state index in [1.165, 1.54) is 23.9 Å². The van der Waals surface area contributed by atoms with Gasteiger partial charge in [0.25, 0.3) is 5.91 Å². The Labute approximate surface area is 168 Å². The first-order valence-corrected chi connectivity index (χ1v) is 10.0. The second-order valence-corrected chi connectivity index (χ2v) is 8.87. The van der Waals surface area contributed by atoms with Crippen LogP contribution in [0.3, 0.4) is 0 Å². The van der Waals surface area contributed by atoms with Crippen LogP contribution in [0.25, 0.3) is 0 Å². The minimum Gasteiger partial charge on any atom is -0.322 e. The van der Waals surface area contributed by atoms with Crippen LogP contribution in [0.1, 0.15) is 30.1 Å². The van der Waals surface area contributed by atoms with Gasteiger partial charge in [-0.15, -0.1) is 11.8 Å². The molecule has 1 N–H and O–H groups in total.